The van der Waals surface area contributed by atoms with Gasteiger partial charge in [-0.05, 0) is 82.9 Å². The summed E-state index contributed by atoms with van der Waals surface area (Å²) >= 11 is 15.0. The summed E-state index contributed by atoms with van der Waals surface area (Å²) in [5.41, 5.74) is 0.609. The van der Waals surface area contributed by atoms with Crippen molar-refractivity contribution in [3.05, 3.63) is 177 Å². The molecule has 296 valence electrons. The Labute approximate surface area is 344 Å². The Morgan fingerprint density at radius 2 is 0.860 bits per heavy atom. The van der Waals surface area contributed by atoms with Crippen LogP contribution in [-0.4, -0.2) is 8.42 Å². The second-order valence-electron chi connectivity index (χ2n) is 12.6. The van der Waals surface area contributed by atoms with Gasteiger partial charge in [0.2, 0.25) is 0 Å². The van der Waals surface area contributed by atoms with E-state index in [4.69, 9.17) is 32.7 Å². The van der Waals surface area contributed by atoms with Crippen LogP contribution in [0.2, 0.25) is 10.0 Å². The van der Waals surface area contributed by atoms with Crippen molar-refractivity contribution >= 4 is 56.6 Å². The maximum absolute atomic E-state index is 13.6. The maximum atomic E-state index is 13.6. The molecule has 57 heavy (non-hydrogen) atoms. The lowest BCUT2D eigenvalue weighted by molar-refractivity contribution is -0.138. The van der Waals surface area contributed by atoms with Gasteiger partial charge in [0.15, 0.2) is 9.84 Å². The van der Waals surface area contributed by atoms with Gasteiger partial charge in [0.1, 0.15) is 24.7 Å². The normalized spacial score (nSPS) is 12.1. The molecule has 0 radical (unpaired) electrons. The molecule has 0 saturated carbocycles. The van der Waals surface area contributed by atoms with Crippen molar-refractivity contribution in [2.75, 3.05) is 0 Å². The minimum atomic E-state index is -4.59. The third kappa shape index (κ3) is 11.9. The second kappa shape index (κ2) is 18.1. The highest BCUT2D eigenvalue weighted by atomic mass is 35.5. The maximum Gasteiger partial charge on any atom is 0.416 e. The molecule has 0 aromatic heterocycles. The Morgan fingerprint density at radius 1 is 0.474 bits per heavy atom. The summed E-state index contributed by atoms with van der Waals surface area (Å²) in [6, 6.07) is 33.6. The highest BCUT2D eigenvalue weighted by Crippen LogP contribution is 2.44. The van der Waals surface area contributed by atoms with E-state index in [2.05, 4.69) is 0 Å². The summed E-state index contributed by atoms with van der Waals surface area (Å²) in [7, 11) is -3.81. The van der Waals surface area contributed by atoms with E-state index in [1.54, 1.807) is 0 Å². The minimum absolute atomic E-state index is 0.123. The van der Waals surface area contributed by atoms with Crippen molar-refractivity contribution in [3.8, 4) is 11.5 Å². The van der Waals surface area contributed by atoms with E-state index in [0.29, 0.717) is 20.9 Å². The van der Waals surface area contributed by atoms with Crippen LogP contribution in [0.5, 0.6) is 11.5 Å². The van der Waals surface area contributed by atoms with E-state index in [0.717, 1.165) is 58.9 Å². The molecule has 6 aromatic rings. The van der Waals surface area contributed by atoms with Gasteiger partial charge in [-0.25, -0.2) is 8.42 Å². The van der Waals surface area contributed by atoms with Gasteiger partial charge in [-0.15, -0.1) is 0 Å². The average molecular weight is 880 g/mol. The van der Waals surface area contributed by atoms with E-state index in [1.165, 1.54) is 48.5 Å². The van der Waals surface area contributed by atoms with Gasteiger partial charge in [-0.3, -0.25) is 0 Å². The SMILES string of the molecule is O=S(=O)(Cc1ccc(Sc2cc(C(F)(F)F)ccc2OCc2ccccc2)c(Cl)c1)Cc1ccc(Sc2cc(C(F)(F)F)ccc2OCc2ccccc2)c(Cl)c1. The van der Waals surface area contributed by atoms with Gasteiger partial charge in [0.05, 0.1) is 42.5 Å². The van der Waals surface area contributed by atoms with Crippen LogP contribution in [0.25, 0.3) is 0 Å². The van der Waals surface area contributed by atoms with Crippen LogP contribution >= 0.6 is 46.7 Å². The number of hydrogen-bond donors (Lipinski definition) is 0. The van der Waals surface area contributed by atoms with Crippen molar-refractivity contribution in [3.63, 3.8) is 0 Å². The van der Waals surface area contributed by atoms with E-state index < -0.39 is 44.8 Å². The van der Waals surface area contributed by atoms with E-state index >= 15 is 0 Å². The molecule has 6 rings (SSSR count). The van der Waals surface area contributed by atoms with Crippen LogP contribution in [0, 0.1) is 0 Å². The van der Waals surface area contributed by atoms with Crippen LogP contribution < -0.4 is 9.47 Å². The number of alkyl halides is 6. The largest absolute Gasteiger partial charge is 0.488 e. The summed E-state index contributed by atoms with van der Waals surface area (Å²) in [4.78, 5) is 1.11. The Kier molecular flexibility index (Phi) is 13.5. The molecule has 0 amide bonds. The minimum Gasteiger partial charge on any atom is -0.488 e. The number of sulfone groups is 1. The summed E-state index contributed by atoms with van der Waals surface area (Å²) in [6.45, 7) is 0.246. The topological polar surface area (TPSA) is 52.6 Å². The lowest BCUT2D eigenvalue weighted by atomic mass is 10.2. The number of benzene rings is 6. The zero-order chi connectivity index (χ0) is 40.8. The van der Waals surface area contributed by atoms with Crippen LogP contribution in [0.1, 0.15) is 33.4 Å². The van der Waals surface area contributed by atoms with Crippen molar-refractivity contribution in [1.82, 2.24) is 0 Å². The Morgan fingerprint density at radius 3 is 1.21 bits per heavy atom. The molecule has 0 saturated heterocycles. The Balaban J connectivity index is 1.14. The fourth-order valence-electron chi connectivity index (χ4n) is 5.47. The van der Waals surface area contributed by atoms with E-state index in [1.807, 2.05) is 60.7 Å². The highest BCUT2D eigenvalue weighted by Gasteiger charge is 2.32. The Bertz CT molecular complexity index is 2280. The number of ether oxygens (including phenoxy) is 2. The highest BCUT2D eigenvalue weighted by molar-refractivity contribution is 7.99. The van der Waals surface area contributed by atoms with Gasteiger partial charge < -0.3 is 9.47 Å². The van der Waals surface area contributed by atoms with Gasteiger partial charge >= 0.3 is 12.4 Å². The van der Waals surface area contributed by atoms with Gasteiger partial charge in [0, 0.05) is 9.79 Å². The molecule has 0 spiro atoms. The summed E-state index contributed by atoms with van der Waals surface area (Å²) in [5, 5.41) is 0.260. The number of hydrogen-bond acceptors (Lipinski definition) is 6. The molecule has 0 fully saturated rings. The van der Waals surface area contributed by atoms with Crippen molar-refractivity contribution in [2.24, 2.45) is 0 Å². The zero-order valence-corrected chi connectivity index (χ0v) is 33.4. The van der Waals surface area contributed by atoms with Crippen LogP contribution in [0.3, 0.4) is 0 Å². The molecule has 0 N–H and O–H groups in total. The summed E-state index contributed by atoms with van der Waals surface area (Å²) < 4.78 is 120. The fraction of sp³-hybridized carbons (Fsp3) is 0.143. The molecule has 4 nitrogen and oxygen atoms in total. The van der Waals surface area contributed by atoms with Crippen LogP contribution in [0.15, 0.2) is 153 Å². The molecular formula is C42H30Cl2F6O4S3. The first-order valence-electron chi connectivity index (χ1n) is 16.9. The first-order valence-corrected chi connectivity index (χ1v) is 21.1. The fourth-order valence-corrected chi connectivity index (χ4v) is 9.47. The smallest absolute Gasteiger partial charge is 0.416 e. The predicted octanol–water partition coefficient (Wildman–Crippen LogP) is 13.6. The van der Waals surface area contributed by atoms with Crippen molar-refractivity contribution in [1.29, 1.82) is 0 Å². The third-order valence-corrected chi connectivity index (χ3v) is 12.8. The number of rotatable bonds is 14. The molecule has 0 aliphatic carbocycles. The van der Waals surface area contributed by atoms with Gasteiger partial charge in [-0.2, -0.15) is 26.3 Å². The molecule has 0 aliphatic rings. The molecule has 0 bridgehead atoms. The second-order valence-corrected chi connectivity index (χ2v) is 17.7. The van der Waals surface area contributed by atoms with E-state index in [-0.39, 0.29) is 44.5 Å². The first kappa shape index (κ1) is 42.3. The van der Waals surface area contributed by atoms with Gasteiger partial charge in [-0.1, -0.05) is 120 Å². The number of halogens is 8. The monoisotopic (exact) mass is 878 g/mol. The zero-order valence-electron chi connectivity index (χ0n) is 29.4. The summed E-state index contributed by atoms with van der Waals surface area (Å²) in [6.07, 6.45) is -9.19. The first-order chi connectivity index (χ1) is 27.0. The quantitative estimate of drug-likeness (QED) is 0.102. The molecule has 0 heterocycles. The van der Waals surface area contributed by atoms with Gasteiger partial charge in [0.25, 0.3) is 0 Å². The molecule has 0 aliphatic heterocycles. The molecular weight excluding hydrogens is 850 g/mol. The molecule has 6 aromatic carbocycles. The van der Waals surface area contributed by atoms with Crippen LogP contribution in [-0.2, 0) is 46.9 Å². The average Bonchev–Trinajstić information content (AvgIpc) is 3.15. The molecule has 0 atom stereocenters. The third-order valence-electron chi connectivity index (χ3n) is 8.22. The standard InChI is InChI=1S/C42H30Cl2F6O4S3/c43-33-19-29(11-17-37(33)55-39-21-31(41(45,46)47)13-15-35(39)53-23-27-7-3-1-4-8-27)25-57(51,52)26-30-12-18-38(34(44)20-30)56-40-22-32(42(48,49)50)14-16-36(40)54-24-28-9-5-2-6-10-28/h1-22H,23-26H2. The lowest BCUT2D eigenvalue weighted by Gasteiger charge is -2.16. The Hall–Kier alpha value is -4.27. The molecule has 0 unspecified atom stereocenters. The lowest BCUT2D eigenvalue weighted by Crippen LogP contribution is -2.08. The molecule has 15 heteroatoms. The van der Waals surface area contributed by atoms with Crippen molar-refractivity contribution < 1.29 is 44.2 Å². The predicted molar refractivity (Wildman–Crippen MR) is 212 cm³/mol. The van der Waals surface area contributed by atoms with Crippen molar-refractivity contribution in [2.45, 2.75) is 56.7 Å². The van der Waals surface area contributed by atoms with Crippen LogP contribution in [0.4, 0.5) is 26.3 Å². The van der Waals surface area contributed by atoms with E-state index in [9.17, 15) is 34.8 Å². The summed E-state index contributed by atoms with van der Waals surface area (Å²) in [5.74, 6) is -0.385.